The van der Waals surface area contributed by atoms with Gasteiger partial charge in [0.1, 0.15) is 29.1 Å². The number of thiophene rings is 1. The van der Waals surface area contributed by atoms with Crippen molar-refractivity contribution in [3.8, 4) is 11.1 Å². The Balaban J connectivity index is 1.52. The first-order valence-electron chi connectivity index (χ1n) is 10.5. The first-order valence-corrected chi connectivity index (χ1v) is 11.3. The number of methoxy groups -OCH3 is 1. The first kappa shape index (κ1) is 20.6. The molecule has 1 aliphatic rings. The van der Waals surface area contributed by atoms with Crippen LogP contribution < -0.4 is 10.2 Å². The van der Waals surface area contributed by atoms with Crippen LogP contribution in [0.15, 0.2) is 41.8 Å². The minimum absolute atomic E-state index is 0.0181. The topological polar surface area (TPSA) is 85.2 Å². The summed E-state index contributed by atoms with van der Waals surface area (Å²) in [5.74, 6) is 2.09. The molecule has 5 rings (SSSR count). The quantitative estimate of drug-likeness (QED) is 0.483. The van der Waals surface area contributed by atoms with Crippen molar-refractivity contribution in [2.24, 2.45) is 7.05 Å². The van der Waals surface area contributed by atoms with E-state index in [4.69, 9.17) is 9.72 Å². The molecule has 1 fully saturated rings. The Hall–Kier alpha value is -3.30. The van der Waals surface area contributed by atoms with Crippen LogP contribution in [0, 0.1) is 6.92 Å². The average molecular weight is 449 g/mol. The van der Waals surface area contributed by atoms with Crippen molar-refractivity contribution in [1.29, 1.82) is 0 Å². The lowest BCUT2D eigenvalue weighted by Crippen LogP contribution is -2.34. The van der Waals surface area contributed by atoms with Gasteiger partial charge in [0.2, 0.25) is 0 Å². The Bertz CT molecular complexity index is 1280. The molecule has 1 aliphatic heterocycles. The van der Waals surface area contributed by atoms with Gasteiger partial charge in [0.25, 0.3) is 5.91 Å². The third kappa shape index (κ3) is 3.63. The molecule has 8 nitrogen and oxygen atoms in total. The lowest BCUT2D eigenvalue weighted by molar-refractivity contribution is -0.117. The molecule has 32 heavy (non-hydrogen) atoms. The Morgan fingerprint density at radius 1 is 1.25 bits per heavy atom. The third-order valence-corrected chi connectivity index (χ3v) is 6.48. The Morgan fingerprint density at radius 2 is 2.06 bits per heavy atom. The molecule has 1 N–H and O–H groups in total. The van der Waals surface area contributed by atoms with Gasteiger partial charge in [0.05, 0.1) is 11.1 Å². The second kappa shape index (κ2) is 8.33. The van der Waals surface area contributed by atoms with Crippen LogP contribution in [-0.2, 0) is 23.2 Å². The van der Waals surface area contributed by atoms with Gasteiger partial charge < -0.3 is 10.1 Å². The molecule has 0 saturated carbocycles. The Labute approximate surface area is 189 Å². The smallest absolute Gasteiger partial charge is 0.250 e. The zero-order valence-corrected chi connectivity index (χ0v) is 19.0. The molecule has 0 spiro atoms. The number of aryl methyl sites for hydroxylation is 2. The third-order valence-electron chi connectivity index (χ3n) is 5.61. The number of nitrogens with zero attached hydrogens (tertiary/aromatic N) is 5. The Morgan fingerprint density at radius 3 is 2.78 bits per heavy atom. The summed E-state index contributed by atoms with van der Waals surface area (Å²) in [5.41, 5.74) is 3.04. The molecule has 1 amide bonds. The summed E-state index contributed by atoms with van der Waals surface area (Å²) < 4.78 is 7.02. The van der Waals surface area contributed by atoms with Crippen molar-refractivity contribution in [3.63, 3.8) is 0 Å². The standard InChI is InChI=1S/C23H24N6O2S/c1-14-11-19(28(2)27-14)29-10-9-17(23(29)30)24-21-20-16(15-7-5-4-6-8-15)13-32-22(20)26-18(25-21)12-31-3/h4-8,11,13,17H,9-10,12H2,1-3H3,(H,24,25,26). The first-order chi connectivity index (χ1) is 15.5. The highest BCUT2D eigenvalue weighted by Gasteiger charge is 2.35. The van der Waals surface area contributed by atoms with Gasteiger partial charge in [-0.05, 0) is 18.9 Å². The van der Waals surface area contributed by atoms with E-state index in [1.54, 1.807) is 28.0 Å². The molecule has 9 heteroatoms. The van der Waals surface area contributed by atoms with E-state index in [0.29, 0.717) is 31.2 Å². The summed E-state index contributed by atoms with van der Waals surface area (Å²) >= 11 is 1.57. The van der Waals surface area contributed by atoms with E-state index in [-0.39, 0.29) is 11.9 Å². The number of rotatable bonds is 6. The van der Waals surface area contributed by atoms with E-state index in [1.807, 2.05) is 38.2 Å². The fourth-order valence-corrected chi connectivity index (χ4v) is 5.14. The maximum atomic E-state index is 13.3. The van der Waals surface area contributed by atoms with Gasteiger partial charge >= 0.3 is 0 Å². The second-order valence-electron chi connectivity index (χ2n) is 7.86. The summed E-state index contributed by atoms with van der Waals surface area (Å²) in [6.45, 7) is 2.86. The van der Waals surface area contributed by atoms with Gasteiger partial charge in [-0.2, -0.15) is 5.10 Å². The predicted octanol–water partition coefficient (Wildman–Crippen LogP) is 3.76. The summed E-state index contributed by atoms with van der Waals surface area (Å²) in [6.07, 6.45) is 0.680. The lowest BCUT2D eigenvalue weighted by atomic mass is 10.1. The highest BCUT2D eigenvalue weighted by atomic mass is 32.1. The van der Waals surface area contributed by atoms with Crippen LogP contribution in [0.3, 0.4) is 0 Å². The number of hydrogen-bond donors (Lipinski definition) is 1. The van der Waals surface area contributed by atoms with Crippen LogP contribution >= 0.6 is 11.3 Å². The zero-order valence-electron chi connectivity index (χ0n) is 18.2. The van der Waals surface area contributed by atoms with Crippen LogP contribution in [0.4, 0.5) is 11.6 Å². The summed E-state index contributed by atoms with van der Waals surface area (Å²) in [6, 6.07) is 11.7. The molecular weight excluding hydrogens is 424 g/mol. The molecule has 0 aliphatic carbocycles. The number of ether oxygens (including phenoxy) is 1. The van der Waals surface area contributed by atoms with Crippen LogP contribution in [0.1, 0.15) is 17.9 Å². The molecule has 164 valence electrons. The predicted molar refractivity (Wildman–Crippen MR) is 126 cm³/mol. The molecule has 0 bridgehead atoms. The van der Waals surface area contributed by atoms with E-state index < -0.39 is 0 Å². The van der Waals surface area contributed by atoms with Gasteiger partial charge in [-0.1, -0.05) is 30.3 Å². The summed E-state index contributed by atoms with van der Waals surface area (Å²) in [7, 11) is 3.48. The number of amides is 1. The Kier molecular flexibility index (Phi) is 5.36. The largest absolute Gasteiger partial charge is 0.377 e. The molecular formula is C23H24N6O2S. The number of carbonyl (C=O) groups is 1. The van der Waals surface area contributed by atoms with E-state index in [0.717, 1.165) is 32.9 Å². The number of benzene rings is 1. The van der Waals surface area contributed by atoms with Gasteiger partial charge in [0.15, 0.2) is 5.82 Å². The normalized spacial score (nSPS) is 16.3. The maximum absolute atomic E-state index is 13.3. The van der Waals surface area contributed by atoms with E-state index in [2.05, 4.69) is 32.9 Å². The average Bonchev–Trinajstić information content (AvgIpc) is 3.46. The molecule has 0 radical (unpaired) electrons. The lowest BCUT2D eigenvalue weighted by Gasteiger charge is -2.18. The van der Waals surface area contributed by atoms with Crippen LogP contribution in [0.2, 0.25) is 0 Å². The van der Waals surface area contributed by atoms with Crippen LogP contribution in [0.5, 0.6) is 0 Å². The molecule has 1 saturated heterocycles. The minimum atomic E-state index is -0.373. The van der Waals surface area contributed by atoms with Crippen molar-refractivity contribution in [1.82, 2.24) is 19.7 Å². The fourth-order valence-electron chi connectivity index (χ4n) is 4.17. The second-order valence-corrected chi connectivity index (χ2v) is 8.72. The molecule has 1 aromatic carbocycles. The molecule has 4 heterocycles. The summed E-state index contributed by atoms with van der Waals surface area (Å²) in [4.78, 5) is 25.3. The summed E-state index contributed by atoms with van der Waals surface area (Å²) in [5, 5.41) is 10.8. The minimum Gasteiger partial charge on any atom is -0.377 e. The van der Waals surface area contributed by atoms with Gasteiger partial charge in [-0.25, -0.2) is 9.97 Å². The molecule has 1 atom stereocenters. The van der Waals surface area contributed by atoms with Crippen molar-refractivity contribution in [2.75, 3.05) is 23.9 Å². The highest BCUT2D eigenvalue weighted by molar-refractivity contribution is 7.17. The van der Waals surface area contributed by atoms with E-state index >= 15 is 0 Å². The maximum Gasteiger partial charge on any atom is 0.250 e. The van der Waals surface area contributed by atoms with Gasteiger partial charge in [0, 0.05) is 37.7 Å². The molecule has 3 aromatic heterocycles. The van der Waals surface area contributed by atoms with E-state index in [9.17, 15) is 4.79 Å². The number of nitrogens with one attached hydrogen (secondary N) is 1. The van der Waals surface area contributed by atoms with Crippen LogP contribution in [0.25, 0.3) is 21.3 Å². The number of fused-ring (bicyclic) bond motifs is 1. The number of carbonyl (C=O) groups excluding carboxylic acids is 1. The molecule has 4 aromatic rings. The van der Waals surface area contributed by atoms with Crippen molar-refractivity contribution >= 4 is 39.1 Å². The van der Waals surface area contributed by atoms with Gasteiger partial charge in [-0.3, -0.25) is 14.4 Å². The van der Waals surface area contributed by atoms with Gasteiger partial charge in [-0.15, -0.1) is 11.3 Å². The highest BCUT2D eigenvalue weighted by Crippen LogP contribution is 2.38. The SMILES string of the molecule is COCc1nc(NC2CCN(c3cc(C)nn3C)C2=O)c2c(-c3ccccc3)csc2n1. The number of hydrogen-bond acceptors (Lipinski definition) is 7. The van der Waals surface area contributed by atoms with E-state index in [1.165, 1.54) is 0 Å². The number of aromatic nitrogens is 4. The molecule has 1 unspecified atom stereocenters. The van der Waals surface area contributed by atoms with Crippen molar-refractivity contribution in [2.45, 2.75) is 26.0 Å². The van der Waals surface area contributed by atoms with Crippen LogP contribution in [-0.4, -0.2) is 45.4 Å². The van der Waals surface area contributed by atoms with Crippen molar-refractivity contribution < 1.29 is 9.53 Å². The monoisotopic (exact) mass is 448 g/mol. The zero-order chi connectivity index (χ0) is 22.2. The van der Waals surface area contributed by atoms with Crippen molar-refractivity contribution in [3.05, 3.63) is 53.3 Å². The fraction of sp³-hybridized carbons (Fsp3) is 0.304. The number of anilines is 2.